The minimum atomic E-state index is 0.0106. The predicted molar refractivity (Wildman–Crippen MR) is 92.6 cm³/mol. The van der Waals surface area contributed by atoms with Gasteiger partial charge in [0.2, 0.25) is 5.91 Å². The van der Waals surface area contributed by atoms with Crippen LogP contribution in [0.4, 0.5) is 0 Å². The average Bonchev–Trinajstić information content (AvgIpc) is 3.21. The number of carbonyl (C=O) groups excluding carboxylic acids is 2. The van der Waals surface area contributed by atoms with Crippen molar-refractivity contribution in [2.75, 3.05) is 19.6 Å². The molecule has 2 saturated heterocycles. The summed E-state index contributed by atoms with van der Waals surface area (Å²) >= 11 is 0. The molecule has 6 nitrogen and oxygen atoms in total. The van der Waals surface area contributed by atoms with Crippen molar-refractivity contribution in [2.24, 2.45) is 18.9 Å². The first-order chi connectivity index (χ1) is 12.1. The zero-order valence-corrected chi connectivity index (χ0v) is 14.3. The highest BCUT2D eigenvalue weighted by Gasteiger charge is 2.42. The second-order valence-corrected chi connectivity index (χ2v) is 7.08. The van der Waals surface area contributed by atoms with Crippen LogP contribution < -0.4 is 0 Å². The van der Waals surface area contributed by atoms with E-state index in [1.807, 2.05) is 47.2 Å². The van der Waals surface area contributed by atoms with Crippen molar-refractivity contribution in [3.8, 4) is 0 Å². The van der Waals surface area contributed by atoms with Crippen LogP contribution in [-0.2, 0) is 18.4 Å². The van der Waals surface area contributed by atoms with E-state index in [2.05, 4.69) is 4.98 Å². The van der Waals surface area contributed by atoms with Gasteiger partial charge in [-0.25, -0.2) is 4.98 Å². The third kappa shape index (κ3) is 3.04. The van der Waals surface area contributed by atoms with E-state index in [0.717, 1.165) is 12.1 Å². The second-order valence-electron chi connectivity index (χ2n) is 7.08. The number of nitrogens with zero attached hydrogens (tertiary/aromatic N) is 4. The number of piperidine rings is 1. The zero-order valence-electron chi connectivity index (χ0n) is 14.3. The van der Waals surface area contributed by atoms with Gasteiger partial charge in [0.15, 0.2) is 0 Å². The Hall–Kier alpha value is -2.63. The van der Waals surface area contributed by atoms with Gasteiger partial charge in [-0.05, 0) is 17.4 Å². The van der Waals surface area contributed by atoms with Gasteiger partial charge in [-0.3, -0.25) is 9.59 Å². The topological polar surface area (TPSA) is 58.4 Å². The summed E-state index contributed by atoms with van der Waals surface area (Å²) in [4.78, 5) is 33.1. The van der Waals surface area contributed by atoms with Gasteiger partial charge in [0.05, 0.1) is 12.5 Å². The number of amides is 2. The SMILES string of the molecule is Cn1cncc1C(=O)N1C[C@H]2CN(Cc3ccccc3)C(=O)C[C@H]2C1. The Morgan fingerprint density at radius 3 is 2.64 bits per heavy atom. The number of imidazole rings is 1. The molecule has 0 aliphatic carbocycles. The number of rotatable bonds is 3. The van der Waals surface area contributed by atoms with Crippen molar-refractivity contribution in [2.45, 2.75) is 13.0 Å². The first-order valence-electron chi connectivity index (χ1n) is 8.69. The third-order valence-electron chi connectivity index (χ3n) is 5.36. The second kappa shape index (κ2) is 6.35. The maximum absolute atomic E-state index is 12.7. The molecule has 2 atom stereocenters. The number of aryl methyl sites for hydroxylation is 1. The van der Waals surface area contributed by atoms with E-state index in [1.165, 1.54) is 0 Å². The number of hydrogen-bond donors (Lipinski definition) is 0. The molecule has 2 aliphatic rings. The highest BCUT2D eigenvalue weighted by Crippen LogP contribution is 2.33. The number of benzene rings is 1. The summed E-state index contributed by atoms with van der Waals surface area (Å²) in [5, 5.41) is 0. The summed E-state index contributed by atoms with van der Waals surface area (Å²) in [7, 11) is 1.83. The molecule has 6 heteroatoms. The van der Waals surface area contributed by atoms with Crippen molar-refractivity contribution in [3.63, 3.8) is 0 Å². The van der Waals surface area contributed by atoms with E-state index >= 15 is 0 Å². The molecular formula is C19H22N4O2. The van der Waals surface area contributed by atoms with Gasteiger partial charge in [0, 0.05) is 39.6 Å². The molecule has 2 aromatic rings. The Balaban J connectivity index is 1.44. The molecule has 3 heterocycles. The van der Waals surface area contributed by atoms with E-state index in [0.29, 0.717) is 37.7 Å². The molecule has 0 spiro atoms. The first kappa shape index (κ1) is 15.9. The van der Waals surface area contributed by atoms with Crippen LogP contribution in [0.25, 0.3) is 0 Å². The lowest BCUT2D eigenvalue weighted by atomic mass is 9.88. The number of fused-ring (bicyclic) bond motifs is 1. The molecule has 0 bridgehead atoms. The zero-order chi connectivity index (χ0) is 17.4. The fourth-order valence-corrected chi connectivity index (χ4v) is 3.96. The van der Waals surface area contributed by atoms with Crippen molar-refractivity contribution < 1.29 is 9.59 Å². The van der Waals surface area contributed by atoms with Crippen LogP contribution in [0.15, 0.2) is 42.9 Å². The van der Waals surface area contributed by atoms with E-state index in [9.17, 15) is 9.59 Å². The molecule has 1 aromatic carbocycles. The van der Waals surface area contributed by atoms with Crippen molar-refractivity contribution in [1.29, 1.82) is 0 Å². The lowest BCUT2D eigenvalue weighted by Gasteiger charge is -2.34. The summed E-state index contributed by atoms with van der Waals surface area (Å²) < 4.78 is 1.75. The molecule has 130 valence electrons. The van der Waals surface area contributed by atoms with Crippen LogP contribution in [0.3, 0.4) is 0 Å². The molecule has 0 unspecified atom stereocenters. The quantitative estimate of drug-likeness (QED) is 0.853. The van der Waals surface area contributed by atoms with E-state index in [1.54, 1.807) is 17.1 Å². The van der Waals surface area contributed by atoms with Gasteiger partial charge >= 0.3 is 0 Å². The van der Waals surface area contributed by atoms with Gasteiger partial charge in [-0.15, -0.1) is 0 Å². The van der Waals surface area contributed by atoms with Crippen LogP contribution in [0.5, 0.6) is 0 Å². The molecule has 0 saturated carbocycles. The smallest absolute Gasteiger partial charge is 0.272 e. The van der Waals surface area contributed by atoms with Crippen LogP contribution in [-0.4, -0.2) is 50.8 Å². The number of hydrogen-bond acceptors (Lipinski definition) is 3. The monoisotopic (exact) mass is 338 g/mol. The lowest BCUT2D eigenvalue weighted by Crippen LogP contribution is -2.43. The molecule has 2 fully saturated rings. The largest absolute Gasteiger partial charge is 0.338 e. The Morgan fingerprint density at radius 1 is 1.16 bits per heavy atom. The maximum Gasteiger partial charge on any atom is 0.272 e. The predicted octanol–water partition coefficient (Wildman–Crippen LogP) is 1.54. The summed E-state index contributed by atoms with van der Waals surface area (Å²) in [6, 6.07) is 10.1. The van der Waals surface area contributed by atoms with Crippen molar-refractivity contribution in [1.82, 2.24) is 19.4 Å². The standard InChI is InChI=1S/C19H22N4O2/c1-21-13-20-8-17(21)19(25)23-10-15-7-18(24)22(11-16(15)12-23)9-14-5-3-2-4-6-14/h2-6,8,13,15-16H,7,9-12H2,1H3/t15-,16+/m0/s1. The van der Waals surface area contributed by atoms with Gasteiger partial charge in [-0.2, -0.15) is 0 Å². The van der Waals surface area contributed by atoms with Gasteiger partial charge < -0.3 is 14.4 Å². The summed E-state index contributed by atoms with van der Waals surface area (Å²) in [6.45, 7) is 2.76. The third-order valence-corrected chi connectivity index (χ3v) is 5.36. The highest BCUT2D eigenvalue weighted by molar-refractivity contribution is 5.92. The highest BCUT2D eigenvalue weighted by atomic mass is 16.2. The minimum absolute atomic E-state index is 0.0106. The Bertz CT molecular complexity index is 786. The van der Waals surface area contributed by atoms with Crippen LogP contribution in [0, 0.1) is 11.8 Å². The lowest BCUT2D eigenvalue weighted by molar-refractivity contribution is -0.136. The van der Waals surface area contributed by atoms with Crippen molar-refractivity contribution >= 4 is 11.8 Å². The molecule has 2 aliphatic heterocycles. The fraction of sp³-hybridized carbons (Fsp3) is 0.421. The van der Waals surface area contributed by atoms with Crippen molar-refractivity contribution in [3.05, 3.63) is 54.1 Å². The molecule has 2 amide bonds. The van der Waals surface area contributed by atoms with Crippen LogP contribution in [0.2, 0.25) is 0 Å². The summed E-state index contributed by atoms with van der Waals surface area (Å²) in [6.07, 6.45) is 3.78. The maximum atomic E-state index is 12.7. The molecule has 4 rings (SSSR count). The Labute approximate surface area is 147 Å². The van der Waals surface area contributed by atoms with Gasteiger partial charge in [0.25, 0.3) is 5.91 Å². The summed E-state index contributed by atoms with van der Waals surface area (Å²) in [5.74, 6) is 0.840. The van der Waals surface area contributed by atoms with E-state index in [-0.39, 0.29) is 17.7 Å². The molecule has 25 heavy (non-hydrogen) atoms. The van der Waals surface area contributed by atoms with Gasteiger partial charge in [-0.1, -0.05) is 30.3 Å². The van der Waals surface area contributed by atoms with E-state index in [4.69, 9.17) is 0 Å². The minimum Gasteiger partial charge on any atom is -0.338 e. The number of carbonyl (C=O) groups is 2. The Kier molecular flexibility index (Phi) is 4.03. The number of likely N-dealkylation sites (tertiary alicyclic amines) is 2. The van der Waals surface area contributed by atoms with E-state index < -0.39 is 0 Å². The first-order valence-corrected chi connectivity index (χ1v) is 8.69. The molecule has 1 aromatic heterocycles. The number of aromatic nitrogens is 2. The van der Waals surface area contributed by atoms with Crippen LogP contribution >= 0.6 is 0 Å². The van der Waals surface area contributed by atoms with Gasteiger partial charge in [0.1, 0.15) is 5.69 Å². The molecule has 0 N–H and O–H groups in total. The average molecular weight is 338 g/mol. The Morgan fingerprint density at radius 2 is 1.92 bits per heavy atom. The molecule has 0 radical (unpaired) electrons. The normalized spacial score (nSPS) is 23.0. The fourth-order valence-electron chi connectivity index (χ4n) is 3.96. The van der Waals surface area contributed by atoms with Crippen LogP contribution in [0.1, 0.15) is 22.5 Å². The summed E-state index contributed by atoms with van der Waals surface area (Å²) in [5.41, 5.74) is 1.75. The molecular weight excluding hydrogens is 316 g/mol.